The number of pyridine rings is 1. The van der Waals surface area contributed by atoms with E-state index in [0.717, 1.165) is 26.7 Å². The van der Waals surface area contributed by atoms with E-state index >= 15 is 0 Å². The fourth-order valence-corrected chi connectivity index (χ4v) is 7.27. The SMILES string of the molecule is O=C(Cc1ccc(C[C@H](NC(=O)[C@@H]2CCCN2S(=O)(=O)c2ccccc2)C(=O)O)cc1)Cc1cccc(Cc2ccccn2)c1. The third-order valence-electron chi connectivity index (χ3n) is 7.84. The Labute approximate surface area is 263 Å². The van der Waals surface area contributed by atoms with Crippen LogP contribution in [0.15, 0.2) is 108 Å². The molecule has 0 spiro atoms. The number of carboxylic acids is 1. The van der Waals surface area contributed by atoms with Gasteiger partial charge in [0.2, 0.25) is 15.9 Å². The van der Waals surface area contributed by atoms with Crippen molar-refractivity contribution >= 4 is 27.7 Å². The molecule has 5 rings (SSSR count). The van der Waals surface area contributed by atoms with Crippen LogP contribution in [0.2, 0.25) is 0 Å². The Bertz CT molecular complexity index is 1750. The summed E-state index contributed by atoms with van der Waals surface area (Å²) < 4.78 is 27.5. The normalized spacial score (nSPS) is 15.8. The summed E-state index contributed by atoms with van der Waals surface area (Å²) >= 11 is 0. The summed E-state index contributed by atoms with van der Waals surface area (Å²) in [5, 5.41) is 12.4. The molecule has 0 unspecified atom stereocenters. The largest absolute Gasteiger partial charge is 0.480 e. The Morgan fingerprint density at radius 3 is 2.24 bits per heavy atom. The number of nitrogens with zero attached hydrogens (tertiary/aromatic N) is 2. The number of hydrogen-bond acceptors (Lipinski definition) is 6. The van der Waals surface area contributed by atoms with E-state index in [1.54, 1.807) is 48.7 Å². The van der Waals surface area contributed by atoms with Crippen molar-refractivity contribution in [1.82, 2.24) is 14.6 Å². The van der Waals surface area contributed by atoms with Crippen molar-refractivity contribution in [2.45, 2.75) is 55.5 Å². The number of hydrogen-bond donors (Lipinski definition) is 2. The minimum atomic E-state index is -3.90. The lowest BCUT2D eigenvalue weighted by molar-refractivity contribution is -0.142. The smallest absolute Gasteiger partial charge is 0.326 e. The Balaban J connectivity index is 1.16. The summed E-state index contributed by atoms with van der Waals surface area (Å²) in [4.78, 5) is 42.5. The number of sulfonamides is 1. The van der Waals surface area contributed by atoms with Crippen molar-refractivity contribution in [1.29, 1.82) is 0 Å². The van der Waals surface area contributed by atoms with Gasteiger partial charge >= 0.3 is 5.97 Å². The first-order valence-electron chi connectivity index (χ1n) is 14.9. The molecule has 2 heterocycles. The van der Waals surface area contributed by atoms with Crippen molar-refractivity contribution in [3.63, 3.8) is 0 Å². The molecule has 1 saturated heterocycles. The molecule has 1 aliphatic heterocycles. The van der Waals surface area contributed by atoms with Crippen LogP contribution in [-0.2, 0) is 50.1 Å². The van der Waals surface area contributed by atoms with Crippen molar-refractivity contribution in [3.05, 3.63) is 131 Å². The third kappa shape index (κ3) is 8.29. The number of ketones is 1. The summed E-state index contributed by atoms with van der Waals surface area (Å²) in [6.07, 6.45) is 3.79. The van der Waals surface area contributed by atoms with E-state index in [1.807, 2.05) is 42.5 Å². The van der Waals surface area contributed by atoms with Gasteiger partial charge in [0.1, 0.15) is 17.9 Å². The first-order chi connectivity index (χ1) is 21.7. The number of rotatable bonds is 13. The molecule has 0 radical (unpaired) electrons. The highest BCUT2D eigenvalue weighted by molar-refractivity contribution is 7.89. The van der Waals surface area contributed by atoms with Crippen LogP contribution in [0.25, 0.3) is 0 Å². The molecule has 2 atom stereocenters. The van der Waals surface area contributed by atoms with Crippen LogP contribution in [0.5, 0.6) is 0 Å². The molecule has 3 aromatic carbocycles. The number of benzene rings is 3. The molecule has 1 aromatic heterocycles. The highest BCUT2D eigenvalue weighted by Crippen LogP contribution is 2.26. The predicted octanol–water partition coefficient (Wildman–Crippen LogP) is 3.99. The fraction of sp³-hybridized carbons (Fsp3) is 0.257. The van der Waals surface area contributed by atoms with E-state index in [1.165, 1.54) is 12.1 Å². The van der Waals surface area contributed by atoms with Crippen molar-refractivity contribution in [3.8, 4) is 0 Å². The van der Waals surface area contributed by atoms with Gasteiger partial charge in [-0.2, -0.15) is 4.31 Å². The summed E-state index contributed by atoms with van der Waals surface area (Å²) in [6, 6.07) is 26.5. The molecule has 0 bridgehead atoms. The molecule has 2 N–H and O–H groups in total. The van der Waals surface area contributed by atoms with Crippen LogP contribution in [-0.4, -0.2) is 59.1 Å². The molecule has 1 fully saturated rings. The quantitative estimate of drug-likeness (QED) is 0.230. The number of amides is 1. The maximum Gasteiger partial charge on any atom is 0.326 e. The third-order valence-corrected chi connectivity index (χ3v) is 9.76. The second kappa shape index (κ2) is 14.4. The van der Waals surface area contributed by atoms with E-state index in [0.29, 0.717) is 31.2 Å². The van der Waals surface area contributed by atoms with Crippen LogP contribution in [0.1, 0.15) is 40.8 Å². The summed E-state index contributed by atoms with van der Waals surface area (Å²) in [7, 11) is -3.90. The molecule has 9 nitrogen and oxygen atoms in total. The standard InChI is InChI=1S/C35H35N3O6S/c39-30(23-28-9-6-8-27(20-28)21-29-10-4-5-18-36-29)22-25-14-16-26(17-15-25)24-32(35(41)42)37-34(40)33-13-7-19-38(33)45(43,44)31-11-2-1-3-12-31/h1-6,8-12,14-18,20,32-33H,7,13,19,21-24H2,(H,37,40)(H,41,42)/t32-,33-/m0/s1. The first kappa shape index (κ1) is 31.7. The van der Waals surface area contributed by atoms with E-state index in [-0.39, 0.29) is 30.1 Å². The van der Waals surface area contributed by atoms with Gasteiger partial charge in [-0.25, -0.2) is 13.2 Å². The monoisotopic (exact) mass is 625 g/mol. The molecule has 0 saturated carbocycles. The minimum Gasteiger partial charge on any atom is -0.480 e. The van der Waals surface area contributed by atoms with Gasteiger partial charge in [0, 0.05) is 44.1 Å². The molecule has 1 amide bonds. The Hall–Kier alpha value is -4.67. The van der Waals surface area contributed by atoms with E-state index in [9.17, 15) is 27.9 Å². The van der Waals surface area contributed by atoms with Gasteiger partial charge in [0.25, 0.3) is 0 Å². The van der Waals surface area contributed by atoms with Crippen LogP contribution >= 0.6 is 0 Å². The Morgan fingerprint density at radius 1 is 0.844 bits per heavy atom. The maximum atomic E-state index is 13.2. The first-order valence-corrected chi connectivity index (χ1v) is 16.3. The molecule has 0 aliphatic carbocycles. The lowest BCUT2D eigenvalue weighted by Gasteiger charge is -2.25. The molecular formula is C35H35N3O6S. The van der Waals surface area contributed by atoms with Gasteiger partial charge in [-0.15, -0.1) is 0 Å². The Morgan fingerprint density at radius 2 is 1.53 bits per heavy atom. The lowest BCUT2D eigenvalue weighted by Crippen LogP contribution is -2.51. The van der Waals surface area contributed by atoms with Gasteiger partial charge < -0.3 is 10.4 Å². The summed E-state index contributed by atoms with van der Waals surface area (Å²) in [6.45, 7) is 0.184. The highest BCUT2D eigenvalue weighted by Gasteiger charge is 2.40. The zero-order chi connectivity index (χ0) is 31.8. The number of Topliss-reactive ketones (excluding diaryl/α,β-unsaturated/α-hetero) is 1. The lowest BCUT2D eigenvalue weighted by atomic mass is 9.98. The van der Waals surface area contributed by atoms with Crippen LogP contribution in [0.4, 0.5) is 0 Å². The molecule has 4 aromatic rings. The van der Waals surface area contributed by atoms with Crippen molar-refractivity contribution in [2.24, 2.45) is 0 Å². The minimum absolute atomic E-state index is 0.0104. The van der Waals surface area contributed by atoms with E-state index in [4.69, 9.17) is 0 Å². The fourth-order valence-electron chi connectivity index (χ4n) is 5.59. The summed E-state index contributed by atoms with van der Waals surface area (Å²) in [5.41, 5.74) is 4.45. The van der Waals surface area contributed by atoms with E-state index < -0.39 is 34.0 Å². The molecule has 1 aliphatic rings. The second-order valence-electron chi connectivity index (χ2n) is 11.2. The molecule has 45 heavy (non-hydrogen) atoms. The second-order valence-corrected chi connectivity index (χ2v) is 13.1. The summed E-state index contributed by atoms with van der Waals surface area (Å²) in [5.74, 6) is -1.80. The zero-order valence-electron chi connectivity index (χ0n) is 24.7. The van der Waals surface area contributed by atoms with Crippen molar-refractivity contribution < 1.29 is 27.9 Å². The number of carbonyl (C=O) groups is 3. The number of aliphatic carboxylic acids is 1. The number of carboxylic acid groups (broad SMARTS) is 1. The van der Waals surface area contributed by atoms with Crippen LogP contribution in [0, 0.1) is 0 Å². The van der Waals surface area contributed by atoms with Gasteiger partial charge in [0.05, 0.1) is 4.90 Å². The molecule has 10 heteroatoms. The van der Waals surface area contributed by atoms with Gasteiger partial charge in [0.15, 0.2) is 0 Å². The topological polar surface area (TPSA) is 134 Å². The van der Waals surface area contributed by atoms with E-state index in [2.05, 4.69) is 10.3 Å². The molecular weight excluding hydrogens is 590 g/mol. The maximum absolute atomic E-state index is 13.2. The van der Waals surface area contributed by atoms with Gasteiger partial charge in [-0.3, -0.25) is 14.6 Å². The van der Waals surface area contributed by atoms with Crippen LogP contribution < -0.4 is 5.32 Å². The zero-order valence-corrected chi connectivity index (χ0v) is 25.5. The highest BCUT2D eigenvalue weighted by atomic mass is 32.2. The van der Waals surface area contributed by atoms with Crippen molar-refractivity contribution in [2.75, 3.05) is 6.54 Å². The van der Waals surface area contributed by atoms with Gasteiger partial charge in [-0.05, 0) is 59.4 Å². The average Bonchev–Trinajstić information content (AvgIpc) is 3.54. The Kier molecular flexibility index (Phi) is 10.2. The average molecular weight is 626 g/mol. The number of nitrogens with one attached hydrogen (secondary N) is 1. The predicted molar refractivity (Wildman–Crippen MR) is 169 cm³/mol. The molecule has 232 valence electrons. The number of aromatic nitrogens is 1. The number of carbonyl (C=O) groups excluding carboxylic acids is 2. The van der Waals surface area contributed by atoms with Gasteiger partial charge in [-0.1, -0.05) is 72.8 Å². The van der Waals surface area contributed by atoms with Crippen LogP contribution in [0.3, 0.4) is 0 Å².